The Balaban J connectivity index is 2.32. The van der Waals surface area contributed by atoms with Crippen LogP contribution in [-0.2, 0) is 26.8 Å². The number of rotatable bonds is 10. The summed E-state index contributed by atoms with van der Waals surface area (Å²) in [7, 11) is -16.8. The van der Waals surface area contributed by atoms with Gasteiger partial charge in [-0.25, -0.2) is 18.5 Å². The second-order valence-corrected chi connectivity index (χ2v) is 11.6. The Bertz CT molecular complexity index is 1200. The Morgan fingerprint density at radius 3 is 2.36 bits per heavy atom. The average Bonchev–Trinajstić information content (AvgIpc) is 2.85. The van der Waals surface area contributed by atoms with E-state index in [-0.39, 0.29) is 24.1 Å². The van der Waals surface area contributed by atoms with Crippen LogP contribution in [0.2, 0.25) is 0 Å². The SMILES string of the molecule is C=NC[C@]1(COP(=O)(O)OP(=O)(O)OP(=O)(O)O)C(=C)[C@@H](n2cc(C)c(=O)[nH]c2=O)C[C@@H]1O. The Kier molecular flexibility index (Phi) is 8.06. The molecule has 6 N–H and O–H groups in total. The van der Waals surface area contributed by atoms with E-state index in [2.05, 4.69) is 36.4 Å². The third kappa shape index (κ3) is 6.53. The first-order chi connectivity index (χ1) is 14.9. The summed E-state index contributed by atoms with van der Waals surface area (Å²) in [5.41, 5.74) is -2.79. The maximum absolute atomic E-state index is 12.3. The number of nitrogens with zero attached hydrogens (tertiary/aromatic N) is 2. The molecule has 0 aliphatic heterocycles. The highest BCUT2D eigenvalue weighted by molar-refractivity contribution is 7.66. The summed E-state index contributed by atoms with van der Waals surface area (Å²) >= 11 is 0. The fourth-order valence-electron chi connectivity index (χ4n) is 3.37. The van der Waals surface area contributed by atoms with E-state index in [0.717, 1.165) is 4.57 Å². The van der Waals surface area contributed by atoms with Gasteiger partial charge in [-0.1, -0.05) is 6.58 Å². The molecule has 0 spiro atoms. The van der Waals surface area contributed by atoms with Crippen LogP contribution in [0, 0.1) is 12.3 Å². The first kappa shape index (κ1) is 27.7. The number of aliphatic imine (C=N–C) groups is 1. The minimum atomic E-state index is -5.74. The monoisotopic (exact) mass is 533 g/mol. The predicted octanol–water partition coefficient (Wildman–Crippen LogP) is -0.263. The van der Waals surface area contributed by atoms with E-state index in [4.69, 9.17) is 9.79 Å². The van der Waals surface area contributed by atoms with Gasteiger partial charge in [0.05, 0.1) is 30.7 Å². The van der Waals surface area contributed by atoms with Crippen LogP contribution >= 0.6 is 23.5 Å². The van der Waals surface area contributed by atoms with Crippen LogP contribution in [-0.4, -0.2) is 60.2 Å². The summed E-state index contributed by atoms with van der Waals surface area (Å²) < 4.78 is 47.4. The van der Waals surface area contributed by atoms with Gasteiger partial charge < -0.3 is 24.7 Å². The molecule has 186 valence electrons. The van der Waals surface area contributed by atoms with Crippen molar-refractivity contribution in [3.8, 4) is 0 Å². The molecule has 0 amide bonds. The molecule has 2 unspecified atom stereocenters. The first-order valence-corrected chi connectivity index (χ1v) is 13.4. The molecule has 1 fully saturated rings. The lowest BCUT2D eigenvalue weighted by molar-refractivity contribution is 0.0313. The summed E-state index contributed by atoms with van der Waals surface area (Å²) in [6, 6.07) is -0.908. The van der Waals surface area contributed by atoms with E-state index in [1.54, 1.807) is 0 Å². The Hall–Kier alpha value is -1.54. The lowest BCUT2D eigenvalue weighted by atomic mass is 9.81. The van der Waals surface area contributed by atoms with E-state index in [9.17, 15) is 38.2 Å². The number of aryl methyl sites for hydroxylation is 1. The molecule has 1 saturated carbocycles. The van der Waals surface area contributed by atoms with Gasteiger partial charge in [0.1, 0.15) is 0 Å². The minimum Gasteiger partial charge on any atom is -0.392 e. The smallest absolute Gasteiger partial charge is 0.392 e. The molecular formula is C14H22N3O13P3. The van der Waals surface area contributed by atoms with Gasteiger partial charge in [-0.2, -0.15) is 8.62 Å². The summed E-state index contributed by atoms with van der Waals surface area (Å²) in [5.74, 6) is 0. The molecule has 0 bridgehead atoms. The molecule has 0 aromatic carbocycles. The van der Waals surface area contributed by atoms with Gasteiger partial charge in [0.15, 0.2) is 0 Å². The van der Waals surface area contributed by atoms with Crippen molar-refractivity contribution >= 4 is 30.2 Å². The second kappa shape index (κ2) is 9.61. The molecule has 16 nitrogen and oxygen atoms in total. The van der Waals surface area contributed by atoms with Crippen LogP contribution in [0.1, 0.15) is 18.0 Å². The van der Waals surface area contributed by atoms with E-state index < -0.39 is 58.9 Å². The van der Waals surface area contributed by atoms with Crippen molar-refractivity contribution in [2.24, 2.45) is 10.4 Å². The summed E-state index contributed by atoms with van der Waals surface area (Å²) in [6.45, 7) is 7.33. The predicted molar refractivity (Wildman–Crippen MR) is 112 cm³/mol. The molecule has 33 heavy (non-hydrogen) atoms. The molecule has 2 rings (SSSR count). The van der Waals surface area contributed by atoms with Crippen LogP contribution in [0.5, 0.6) is 0 Å². The van der Waals surface area contributed by atoms with Gasteiger partial charge in [0.25, 0.3) is 5.56 Å². The third-order valence-electron chi connectivity index (χ3n) is 4.90. The van der Waals surface area contributed by atoms with Crippen molar-refractivity contribution in [1.82, 2.24) is 9.55 Å². The fraction of sp³-hybridized carbons (Fsp3) is 0.500. The molecule has 1 aromatic heterocycles. The number of phosphoric acid groups is 3. The van der Waals surface area contributed by atoms with Crippen molar-refractivity contribution in [2.45, 2.75) is 25.5 Å². The average molecular weight is 533 g/mol. The Labute approximate surface area is 185 Å². The number of aromatic amines is 1. The van der Waals surface area contributed by atoms with Crippen molar-refractivity contribution < 1.29 is 51.5 Å². The first-order valence-electron chi connectivity index (χ1n) is 8.83. The van der Waals surface area contributed by atoms with Crippen molar-refractivity contribution in [1.29, 1.82) is 0 Å². The molecule has 0 saturated heterocycles. The minimum absolute atomic E-state index is 0.0922. The Morgan fingerprint density at radius 1 is 1.21 bits per heavy atom. The molecule has 1 heterocycles. The van der Waals surface area contributed by atoms with E-state index >= 15 is 0 Å². The molecule has 5 atom stereocenters. The molecule has 19 heteroatoms. The number of hydrogen-bond acceptors (Lipinski definition) is 10. The van der Waals surface area contributed by atoms with Crippen LogP contribution in [0.15, 0.2) is 32.9 Å². The maximum Gasteiger partial charge on any atom is 0.490 e. The van der Waals surface area contributed by atoms with Crippen LogP contribution in [0.4, 0.5) is 0 Å². The third-order valence-corrected chi connectivity index (χ3v) is 8.69. The zero-order chi connectivity index (χ0) is 25.4. The largest absolute Gasteiger partial charge is 0.490 e. The molecule has 1 aromatic rings. The number of nitrogens with one attached hydrogen (secondary N) is 1. The summed E-state index contributed by atoms with van der Waals surface area (Å²) in [5, 5.41) is 10.7. The number of H-pyrrole nitrogens is 1. The summed E-state index contributed by atoms with van der Waals surface area (Å²) in [6.07, 6.45) is -0.296. The zero-order valence-electron chi connectivity index (χ0n) is 17.0. The van der Waals surface area contributed by atoms with Gasteiger partial charge in [-0.05, 0) is 25.6 Å². The highest BCUT2D eigenvalue weighted by atomic mass is 31.3. The highest BCUT2D eigenvalue weighted by Crippen LogP contribution is 2.66. The van der Waals surface area contributed by atoms with Crippen LogP contribution in [0.25, 0.3) is 0 Å². The highest BCUT2D eigenvalue weighted by Gasteiger charge is 2.52. The Morgan fingerprint density at radius 2 is 1.82 bits per heavy atom. The van der Waals surface area contributed by atoms with Crippen molar-refractivity contribution in [3.63, 3.8) is 0 Å². The summed E-state index contributed by atoms with van der Waals surface area (Å²) in [4.78, 5) is 65.8. The quantitative estimate of drug-likeness (QED) is 0.129. The topological polar surface area (TPSA) is 247 Å². The number of aliphatic hydroxyl groups is 1. The molecule has 1 aliphatic rings. The lowest BCUT2D eigenvalue weighted by Crippen LogP contribution is -2.39. The lowest BCUT2D eigenvalue weighted by Gasteiger charge is -2.33. The van der Waals surface area contributed by atoms with Crippen molar-refractivity contribution in [2.75, 3.05) is 13.2 Å². The maximum atomic E-state index is 12.3. The van der Waals surface area contributed by atoms with E-state index in [1.165, 1.54) is 13.1 Å². The van der Waals surface area contributed by atoms with Crippen molar-refractivity contribution in [3.05, 3.63) is 44.8 Å². The van der Waals surface area contributed by atoms with Gasteiger partial charge in [0, 0.05) is 11.8 Å². The van der Waals surface area contributed by atoms with E-state index in [0.29, 0.717) is 0 Å². The normalized spacial score (nSPS) is 27.2. The van der Waals surface area contributed by atoms with Gasteiger partial charge in [-0.3, -0.25) is 23.9 Å². The number of aliphatic hydroxyl groups excluding tert-OH is 1. The van der Waals surface area contributed by atoms with Crippen LogP contribution in [0.3, 0.4) is 0 Å². The zero-order valence-corrected chi connectivity index (χ0v) is 19.7. The number of aromatic nitrogens is 2. The van der Waals surface area contributed by atoms with Gasteiger partial charge >= 0.3 is 29.2 Å². The number of phosphoric ester groups is 1. The van der Waals surface area contributed by atoms with E-state index in [1.807, 2.05) is 0 Å². The molecule has 0 radical (unpaired) electrons. The standard InChI is InChI=1S/C14H22N3O13P3/c1-8-5-17(13(20)16-12(8)19)10-4-11(18)14(6-15-3,9(10)2)7-28-32(24,25)30-33(26,27)29-31(21,22)23/h5,10-11,18H,2-4,6-7H2,1H3,(H,24,25)(H,26,27)(H,16,19,20)(H2,21,22,23)/t10-,11-,14-/m0/s1. The van der Waals surface area contributed by atoms with Gasteiger partial charge in [-0.15, -0.1) is 0 Å². The van der Waals surface area contributed by atoms with Crippen LogP contribution < -0.4 is 11.2 Å². The second-order valence-electron chi connectivity index (χ2n) is 7.17. The number of hydrogen-bond donors (Lipinski definition) is 6. The van der Waals surface area contributed by atoms with Gasteiger partial charge in [0.2, 0.25) is 0 Å². The fourth-order valence-corrected chi connectivity index (χ4v) is 6.45. The molecule has 1 aliphatic carbocycles. The molecular weight excluding hydrogens is 511 g/mol.